The third-order valence-corrected chi connectivity index (χ3v) is 5.50. The molecule has 3 aromatic rings. The Hall–Kier alpha value is -3.22. The van der Waals surface area contributed by atoms with Crippen LogP contribution in [0.3, 0.4) is 0 Å². The van der Waals surface area contributed by atoms with E-state index in [-0.39, 0.29) is 17.3 Å². The fourth-order valence-electron chi connectivity index (χ4n) is 4.14. The zero-order valence-electron chi connectivity index (χ0n) is 17.2. The number of benzene rings is 1. The lowest BCUT2D eigenvalue weighted by molar-refractivity contribution is 0.0983. The van der Waals surface area contributed by atoms with Gasteiger partial charge in [-0.25, -0.2) is 4.39 Å². The summed E-state index contributed by atoms with van der Waals surface area (Å²) >= 11 is 0. The van der Waals surface area contributed by atoms with Gasteiger partial charge in [-0.1, -0.05) is 12.1 Å². The second kappa shape index (κ2) is 6.69. The molecule has 0 radical (unpaired) electrons. The van der Waals surface area contributed by atoms with E-state index in [1.165, 1.54) is 10.6 Å². The molecule has 0 bridgehead atoms. The number of fused-ring (bicyclic) bond motifs is 1. The highest BCUT2D eigenvalue weighted by atomic mass is 19.1. The van der Waals surface area contributed by atoms with Crippen LogP contribution in [0, 0.1) is 26.6 Å². The van der Waals surface area contributed by atoms with Crippen molar-refractivity contribution in [3.8, 4) is 0 Å². The third-order valence-electron chi connectivity index (χ3n) is 5.50. The molecule has 0 aliphatic carbocycles. The van der Waals surface area contributed by atoms with Crippen molar-refractivity contribution in [2.75, 3.05) is 4.90 Å². The van der Waals surface area contributed by atoms with Gasteiger partial charge < -0.3 is 4.57 Å². The number of aryl methyl sites for hydroxylation is 5. The van der Waals surface area contributed by atoms with Crippen molar-refractivity contribution in [1.29, 1.82) is 0 Å². The summed E-state index contributed by atoms with van der Waals surface area (Å²) in [5.74, 6) is -0.615. The first-order valence-corrected chi connectivity index (χ1v) is 9.58. The predicted octanol–water partition coefficient (Wildman–Crippen LogP) is 3.42. The molecule has 7 heteroatoms. The summed E-state index contributed by atoms with van der Waals surface area (Å²) in [6.45, 7) is 7.82. The summed E-state index contributed by atoms with van der Waals surface area (Å²) in [5, 5.41) is 4.49. The maximum atomic E-state index is 15.0. The molecule has 150 valence electrons. The minimum Gasteiger partial charge on any atom is -0.316 e. The molecule has 0 fully saturated rings. The monoisotopic (exact) mass is 394 g/mol. The molecule has 1 unspecified atom stereocenters. The molecule has 2 aromatic heterocycles. The summed E-state index contributed by atoms with van der Waals surface area (Å²) in [4.78, 5) is 27.3. The van der Waals surface area contributed by atoms with Crippen LogP contribution in [-0.2, 0) is 13.6 Å². The molecule has 1 aliphatic rings. The SMILES string of the molecule is CCn1nc(C)c2c1C(=O)N(c1cc(C)c(=O)n(C)c1)C2c1ccc(C)cc1F. The normalized spacial score (nSPS) is 15.9. The molecular weight excluding hydrogens is 371 g/mol. The first kappa shape index (κ1) is 19.1. The molecule has 1 amide bonds. The Morgan fingerprint density at radius 2 is 1.86 bits per heavy atom. The summed E-state index contributed by atoms with van der Waals surface area (Å²) in [6.07, 6.45) is 1.62. The maximum Gasteiger partial charge on any atom is 0.277 e. The Balaban J connectivity index is 2.01. The molecule has 29 heavy (non-hydrogen) atoms. The van der Waals surface area contributed by atoms with Gasteiger partial charge in [-0.15, -0.1) is 0 Å². The van der Waals surface area contributed by atoms with Crippen molar-refractivity contribution >= 4 is 11.6 Å². The molecule has 4 rings (SSSR count). The van der Waals surface area contributed by atoms with Crippen LogP contribution in [0.4, 0.5) is 10.1 Å². The number of carbonyl (C=O) groups excluding carboxylic acids is 1. The highest BCUT2D eigenvalue weighted by molar-refractivity contribution is 6.10. The third kappa shape index (κ3) is 2.80. The molecule has 1 aromatic carbocycles. The largest absolute Gasteiger partial charge is 0.316 e. The van der Waals surface area contributed by atoms with Crippen LogP contribution >= 0.6 is 0 Å². The van der Waals surface area contributed by atoms with Gasteiger partial charge in [-0.2, -0.15) is 5.10 Å². The first-order chi connectivity index (χ1) is 13.7. The van der Waals surface area contributed by atoms with Gasteiger partial charge in [0.05, 0.1) is 17.4 Å². The Kier molecular flexibility index (Phi) is 4.41. The maximum absolute atomic E-state index is 15.0. The predicted molar refractivity (Wildman–Crippen MR) is 109 cm³/mol. The van der Waals surface area contributed by atoms with Gasteiger partial charge in [0.2, 0.25) is 0 Å². The van der Waals surface area contributed by atoms with Gasteiger partial charge in [0.15, 0.2) is 0 Å². The summed E-state index contributed by atoms with van der Waals surface area (Å²) in [7, 11) is 1.65. The minimum absolute atomic E-state index is 0.133. The average molecular weight is 394 g/mol. The molecule has 0 saturated carbocycles. The summed E-state index contributed by atoms with van der Waals surface area (Å²) < 4.78 is 18.1. The lowest BCUT2D eigenvalue weighted by atomic mass is 9.97. The quantitative estimate of drug-likeness (QED) is 0.684. The Bertz CT molecular complexity index is 1180. The number of rotatable bonds is 3. The zero-order chi connectivity index (χ0) is 21.0. The number of nitrogens with zero attached hydrogens (tertiary/aromatic N) is 4. The van der Waals surface area contributed by atoms with Crippen LogP contribution in [0.15, 0.2) is 35.3 Å². The van der Waals surface area contributed by atoms with Crippen molar-refractivity contribution < 1.29 is 9.18 Å². The summed E-state index contributed by atoms with van der Waals surface area (Å²) in [6, 6.07) is 6.08. The Morgan fingerprint density at radius 1 is 1.14 bits per heavy atom. The fraction of sp³-hybridized carbons (Fsp3) is 0.318. The van der Waals surface area contributed by atoms with E-state index in [0.29, 0.717) is 40.3 Å². The van der Waals surface area contributed by atoms with E-state index in [4.69, 9.17) is 0 Å². The number of hydrogen-bond acceptors (Lipinski definition) is 3. The van der Waals surface area contributed by atoms with Crippen molar-refractivity contribution in [3.05, 3.63) is 80.3 Å². The van der Waals surface area contributed by atoms with E-state index in [9.17, 15) is 9.59 Å². The van der Waals surface area contributed by atoms with Crippen LogP contribution < -0.4 is 10.5 Å². The van der Waals surface area contributed by atoms with Crippen molar-refractivity contribution in [3.63, 3.8) is 0 Å². The van der Waals surface area contributed by atoms with E-state index >= 15 is 4.39 Å². The van der Waals surface area contributed by atoms with E-state index in [0.717, 1.165) is 5.56 Å². The van der Waals surface area contributed by atoms with E-state index < -0.39 is 6.04 Å². The van der Waals surface area contributed by atoms with Crippen LogP contribution in [0.2, 0.25) is 0 Å². The highest BCUT2D eigenvalue weighted by Gasteiger charge is 2.44. The average Bonchev–Trinajstić information content (AvgIpc) is 3.15. The van der Waals surface area contributed by atoms with Gasteiger partial charge in [-0.05, 0) is 45.4 Å². The standard InChI is InChI=1S/C22H23FN4O2/c1-6-26-20-18(14(4)24-26)19(16-8-7-12(2)9-17(16)23)27(22(20)29)15-10-13(3)21(28)25(5)11-15/h7-11,19H,6H2,1-5H3. The molecule has 0 saturated heterocycles. The number of aromatic nitrogens is 3. The minimum atomic E-state index is -0.643. The molecule has 0 spiro atoms. The van der Waals surface area contributed by atoms with Crippen molar-refractivity contribution in [1.82, 2.24) is 14.3 Å². The van der Waals surface area contributed by atoms with Gasteiger partial charge in [-0.3, -0.25) is 19.2 Å². The van der Waals surface area contributed by atoms with Crippen LogP contribution in [0.25, 0.3) is 0 Å². The first-order valence-electron chi connectivity index (χ1n) is 9.58. The summed E-state index contributed by atoms with van der Waals surface area (Å²) in [5.41, 5.74) is 4.04. The van der Waals surface area contributed by atoms with Gasteiger partial charge in [0.1, 0.15) is 11.5 Å². The number of carbonyl (C=O) groups is 1. The van der Waals surface area contributed by atoms with Gasteiger partial charge in [0.25, 0.3) is 11.5 Å². The van der Waals surface area contributed by atoms with Gasteiger partial charge >= 0.3 is 0 Å². The smallest absolute Gasteiger partial charge is 0.277 e. The van der Waals surface area contributed by atoms with Gasteiger partial charge in [0, 0.05) is 36.5 Å². The van der Waals surface area contributed by atoms with E-state index in [1.54, 1.807) is 41.9 Å². The number of amides is 1. The van der Waals surface area contributed by atoms with E-state index in [1.807, 2.05) is 26.8 Å². The lowest BCUT2D eigenvalue weighted by Gasteiger charge is -2.27. The molecule has 3 heterocycles. The van der Waals surface area contributed by atoms with Crippen LogP contribution in [0.1, 0.15) is 51.4 Å². The zero-order valence-corrected chi connectivity index (χ0v) is 17.2. The molecule has 0 N–H and O–H groups in total. The topological polar surface area (TPSA) is 60.1 Å². The fourth-order valence-corrected chi connectivity index (χ4v) is 4.14. The second-order valence-electron chi connectivity index (χ2n) is 7.56. The Labute approximate surface area is 168 Å². The number of halogens is 1. The van der Waals surface area contributed by atoms with Crippen molar-refractivity contribution in [2.24, 2.45) is 7.05 Å². The van der Waals surface area contributed by atoms with Crippen LogP contribution in [-0.4, -0.2) is 20.3 Å². The molecule has 1 aliphatic heterocycles. The molecule has 6 nitrogen and oxygen atoms in total. The van der Waals surface area contributed by atoms with E-state index in [2.05, 4.69) is 5.10 Å². The Morgan fingerprint density at radius 3 is 2.48 bits per heavy atom. The van der Waals surface area contributed by atoms with Crippen LogP contribution in [0.5, 0.6) is 0 Å². The van der Waals surface area contributed by atoms with Crippen molar-refractivity contribution in [2.45, 2.75) is 40.3 Å². The highest BCUT2D eigenvalue weighted by Crippen LogP contribution is 2.43. The molecular formula is C22H23FN4O2. The number of hydrogen-bond donors (Lipinski definition) is 0. The second-order valence-corrected chi connectivity index (χ2v) is 7.56. The molecule has 1 atom stereocenters. The lowest BCUT2D eigenvalue weighted by Crippen LogP contribution is -2.32. The number of pyridine rings is 1. The number of anilines is 1.